The second-order valence-corrected chi connectivity index (χ2v) is 6.62. The summed E-state index contributed by atoms with van der Waals surface area (Å²) in [6.07, 6.45) is 1.56. The Bertz CT molecular complexity index is 871. The first-order valence-corrected chi connectivity index (χ1v) is 9.10. The molecule has 0 spiro atoms. The fraction of sp³-hybridized carbons (Fsp3) is 0.167. The number of rotatable bonds is 6. The van der Waals surface area contributed by atoms with E-state index in [9.17, 15) is 4.79 Å². The number of halogens is 1. The Balaban J connectivity index is 1.79. The maximum absolute atomic E-state index is 11.2. The van der Waals surface area contributed by atoms with Crippen molar-refractivity contribution in [2.24, 2.45) is 10.2 Å². The van der Waals surface area contributed by atoms with Crippen LogP contribution in [0.2, 0.25) is 5.02 Å². The quantitative estimate of drug-likeness (QED) is 0.606. The molecule has 134 valence electrons. The number of carbonyl (C=O) groups is 1. The van der Waals surface area contributed by atoms with Gasteiger partial charge in [0.2, 0.25) is 5.91 Å². The van der Waals surface area contributed by atoms with E-state index in [1.807, 2.05) is 36.4 Å². The highest BCUT2D eigenvalue weighted by atomic mass is 35.5. The smallest absolute Gasteiger partial charge is 0.236 e. The standard InChI is InChI=1S/C18H16ClN3O3S/c1-24-15-8-4-6-12(9-20-22-18-21-16(23)11-26-18)17(15)25-10-13-5-2-3-7-14(13)19/h2-9H,10-11H2,1H3,(H,21,22,23). The number of methoxy groups -OCH3 is 1. The zero-order valence-electron chi connectivity index (χ0n) is 13.9. The van der Waals surface area contributed by atoms with Gasteiger partial charge in [-0.3, -0.25) is 4.79 Å². The van der Waals surface area contributed by atoms with Crippen LogP contribution >= 0.6 is 23.4 Å². The zero-order valence-corrected chi connectivity index (χ0v) is 15.5. The Morgan fingerprint density at radius 1 is 1.27 bits per heavy atom. The van der Waals surface area contributed by atoms with Crippen LogP contribution < -0.4 is 14.8 Å². The number of hydrogen-bond donors (Lipinski definition) is 1. The van der Waals surface area contributed by atoms with Gasteiger partial charge in [0.05, 0.1) is 19.1 Å². The summed E-state index contributed by atoms with van der Waals surface area (Å²) in [5, 5.41) is 11.8. The van der Waals surface area contributed by atoms with Crippen LogP contribution in [0.5, 0.6) is 11.5 Å². The lowest BCUT2D eigenvalue weighted by molar-refractivity contribution is -0.116. The van der Waals surface area contributed by atoms with Crippen molar-refractivity contribution in [1.82, 2.24) is 5.32 Å². The maximum Gasteiger partial charge on any atom is 0.236 e. The molecule has 0 saturated carbocycles. The number of amides is 1. The highest BCUT2D eigenvalue weighted by Gasteiger charge is 2.16. The molecule has 0 aliphatic carbocycles. The molecule has 26 heavy (non-hydrogen) atoms. The SMILES string of the molecule is COc1cccc(C=NN=C2NC(=O)CS2)c1OCc1ccccc1Cl. The number of nitrogens with zero attached hydrogens (tertiary/aromatic N) is 2. The van der Waals surface area contributed by atoms with Gasteiger partial charge >= 0.3 is 0 Å². The van der Waals surface area contributed by atoms with Gasteiger partial charge < -0.3 is 14.8 Å². The minimum atomic E-state index is -0.0749. The average Bonchev–Trinajstić information content (AvgIpc) is 3.06. The van der Waals surface area contributed by atoms with Crippen molar-refractivity contribution in [3.63, 3.8) is 0 Å². The third-order valence-electron chi connectivity index (χ3n) is 3.49. The topological polar surface area (TPSA) is 72.3 Å². The second-order valence-electron chi connectivity index (χ2n) is 5.25. The first kappa shape index (κ1) is 18.3. The molecule has 0 atom stereocenters. The minimum Gasteiger partial charge on any atom is -0.493 e. The number of amidine groups is 1. The van der Waals surface area contributed by atoms with Gasteiger partial charge in [0.25, 0.3) is 0 Å². The molecule has 2 aromatic rings. The van der Waals surface area contributed by atoms with Crippen LogP contribution in [-0.4, -0.2) is 30.2 Å². The van der Waals surface area contributed by atoms with Crippen LogP contribution in [0.3, 0.4) is 0 Å². The largest absolute Gasteiger partial charge is 0.493 e. The molecular weight excluding hydrogens is 374 g/mol. The van der Waals surface area contributed by atoms with Gasteiger partial charge in [-0.15, -0.1) is 5.10 Å². The Hall–Kier alpha value is -2.51. The summed E-state index contributed by atoms with van der Waals surface area (Å²) in [6, 6.07) is 13.0. The Morgan fingerprint density at radius 2 is 2.12 bits per heavy atom. The lowest BCUT2D eigenvalue weighted by Gasteiger charge is -2.13. The zero-order chi connectivity index (χ0) is 18.4. The number of nitrogens with one attached hydrogen (secondary N) is 1. The lowest BCUT2D eigenvalue weighted by atomic mass is 10.2. The number of thioether (sulfide) groups is 1. The minimum absolute atomic E-state index is 0.0749. The van der Waals surface area contributed by atoms with Crippen molar-refractivity contribution < 1.29 is 14.3 Å². The van der Waals surface area contributed by atoms with E-state index < -0.39 is 0 Å². The van der Waals surface area contributed by atoms with Gasteiger partial charge in [0.15, 0.2) is 16.7 Å². The normalized spacial score (nSPS) is 15.5. The molecule has 1 heterocycles. The molecule has 1 aliphatic heterocycles. The lowest BCUT2D eigenvalue weighted by Crippen LogP contribution is -2.19. The van der Waals surface area contributed by atoms with Crippen molar-refractivity contribution in [2.75, 3.05) is 12.9 Å². The van der Waals surface area contributed by atoms with E-state index in [-0.39, 0.29) is 5.91 Å². The van der Waals surface area contributed by atoms with E-state index in [0.29, 0.717) is 39.6 Å². The fourth-order valence-electron chi connectivity index (χ4n) is 2.24. The van der Waals surface area contributed by atoms with Crippen LogP contribution in [0.15, 0.2) is 52.7 Å². The van der Waals surface area contributed by atoms with Crippen molar-refractivity contribution in [2.45, 2.75) is 6.61 Å². The van der Waals surface area contributed by atoms with Crippen LogP contribution in [0.1, 0.15) is 11.1 Å². The molecule has 3 rings (SSSR count). The predicted octanol–water partition coefficient (Wildman–Crippen LogP) is 3.48. The maximum atomic E-state index is 11.2. The molecular formula is C18H16ClN3O3S. The van der Waals surface area contributed by atoms with E-state index in [4.69, 9.17) is 21.1 Å². The summed E-state index contributed by atoms with van der Waals surface area (Å²) in [6.45, 7) is 0.293. The first-order valence-electron chi connectivity index (χ1n) is 7.74. The molecule has 0 unspecified atom stereocenters. The molecule has 0 aromatic heterocycles. The fourth-order valence-corrected chi connectivity index (χ4v) is 3.06. The van der Waals surface area contributed by atoms with Gasteiger partial charge in [-0.2, -0.15) is 5.10 Å². The third-order valence-corrected chi connectivity index (χ3v) is 4.72. The summed E-state index contributed by atoms with van der Waals surface area (Å²) >= 11 is 7.49. The van der Waals surface area contributed by atoms with E-state index in [2.05, 4.69) is 15.5 Å². The molecule has 2 aromatic carbocycles. The molecule has 0 radical (unpaired) electrons. The molecule has 0 bridgehead atoms. The van der Waals surface area contributed by atoms with Crippen molar-refractivity contribution in [3.05, 3.63) is 58.6 Å². The van der Waals surface area contributed by atoms with E-state index in [0.717, 1.165) is 5.56 Å². The van der Waals surface area contributed by atoms with Crippen LogP contribution in [0, 0.1) is 0 Å². The van der Waals surface area contributed by atoms with Gasteiger partial charge in [-0.1, -0.05) is 47.6 Å². The number of para-hydroxylation sites is 1. The van der Waals surface area contributed by atoms with Gasteiger partial charge in [0, 0.05) is 16.1 Å². The van der Waals surface area contributed by atoms with Crippen molar-refractivity contribution in [3.8, 4) is 11.5 Å². The molecule has 1 N–H and O–H groups in total. The van der Waals surface area contributed by atoms with Crippen LogP contribution in [0.25, 0.3) is 0 Å². The predicted molar refractivity (Wildman–Crippen MR) is 104 cm³/mol. The monoisotopic (exact) mass is 389 g/mol. The number of benzene rings is 2. The first-order chi connectivity index (χ1) is 12.7. The Kier molecular flexibility index (Phi) is 6.14. The molecule has 6 nitrogen and oxygen atoms in total. The molecule has 1 saturated heterocycles. The Labute approximate surface area is 160 Å². The van der Waals surface area contributed by atoms with Gasteiger partial charge in [-0.05, 0) is 18.2 Å². The third kappa shape index (κ3) is 4.56. The molecule has 1 aliphatic rings. The summed E-state index contributed by atoms with van der Waals surface area (Å²) in [7, 11) is 1.57. The van der Waals surface area contributed by atoms with Crippen molar-refractivity contribution in [1.29, 1.82) is 0 Å². The molecule has 8 heteroatoms. The number of ether oxygens (including phenoxy) is 2. The molecule has 1 fully saturated rings. The van der Waals surface area contributed by atoms with Gasteiger partial charge in [0.1, 0.15) is 6.61 Å². The summed E-state index contributed by atoms with van der Waals surface area (Å²) in [5.74, 6) is 1.41. The highest BCUT2D eigenvalue weighted by Crippen LogP contribution is 2.31. The number of carbonyl (C=O) groups excluding carboxylic acids is 1. The summed E-state index contributed by atoms with van der Waals surface area (Å²) in [5.41, 5.74) is 1.57. The highest BCUT2D eigenvalue weighted by molar-refractivity contribution is 8.15. The summed E-state index contributed by atoms with van der Waals surface area (Å²) in [4.78, 5) is 11.2. The average molecular weight is 390 g/mol. The number of hydrogen-bond acceptors (Lipinski definition) is 6. The van der Waals surface area contributed by atoms with Crippen LogP contribution in [-0.2, 0) is 11.4 Å². The van der Waals surface area contributed by atoms with Gasteiger partial charge in [-0.25, -0.2) is 0 Å². The summed E-state index contributed by atoms with van der Waals surface area (Å²) < 4.78 is 11.3. The second kappa shape index (κ2) is 8.73. The van der Waals surface area contributed by atoms with E-state index >= 15 is 0 Å². The molecule has 1 amide bonds. The van der Waals surface area contributed by atoms with E-state index in [1.165, 1.54) is 11.8 Å². The van der Waals surface area contributed by atoms with Crippen molar-refractivity contribution >= 4 is 40.7 Å². The Morgan fingerprint density at radius 3 is 2.85 bits per heavy atom. The van der Waals surface area contributed by atoms with E-state index in [1.54, 1.807) is 19.4 Å². The van der Waals surface area contributed by atoms with Crippen LogP contribution in [0.4, 0.5) is 0 Å².